The molecule has 21 heavy (non-hydrogen) atoms. The van der Waals surface area contributed by atoms with E-state index < -0.39 is 6.29 Å². The van der Waals surface area contributed by atoms with Crippen molar-refractivity contribution in [1.82, 2.24) is 0 Å². The third-order valence-corrected chi connectivity index (χ3v) is 3.50. The molecule has 0 saturated carbocycles. The van der Waals surface area contributed by atoms with Crippen molar-refractivity contribution in [2.45, 2.75) is 97.6 Å². The number of hydrogen-bond donors (Lipinski definition) is 0. The van der Waals surface area contributed by atoms with Crippen LogP contribution in [0.4, 0.5) is 0 Å². The lowest BCUT2D eigenvalue weighted by molar-refractivity contribution is -0.222. The zero-order valence-corrected chi connectivity index (χ0v) is 14.4. The molecule has 0 fully saturated rings. The summed E-state index contributed by atoms with van der Waals surface area (Å²) in [7, 11) is 1.56. The van der Waals surface area contributed by atoms with E-state index in [-0.39, 0.29) is 12.3 Å². The first-order chi connectivity index (χ1) is 10.1. The highest BCUT2D eigenvalue weighted by molar-refractivity contribution is 5.69. The van der Waals surface area contributed by atoms with Crippen LogP contribution in [0.1, 0.15) is 85.0 Å². The predicted molar refractivity (Wildman–Crippen MR) is 85.0 cm³/mol. The molecule has 0 saturated heterocycles. The number of unbranched alkanes of at least 4 members (excludes halogenated alkanes) is 8. The van der Waals surface area contributed by atoms with Gasteiger partial charge >= 0.3 is 5.97 Å². The Labute approximate surface area is 130 Å². The van der Waals surface area contributed by atoms with Crippen molar-refractivity contribution in [2.75, 3.05) is 7.11 Å². The summed E-state index contributed by atoms with van der Waals surface area (Å²) in [6, 6.07) is 0. The molecule has 2 unspecified atom stereocenters. The molecule has 4 nitrogen and oxygen atoms in total. The van der Waals surface area contributed by atoms with Gasteiger partial charge < -0.3 is 14.2 Å². The largest absolute Gasteiger partial charge is 0.436 e. The molecule has 0 radical (unpaired) electrons. The Morgan fingerprint density at radius 2 is 1.38 bits per heavy atom. The molecule has 0 heterocycles. The monoisotopic (exact) mass is 302 g/mol. The van der Waals surface area contributed by atoms with E-state index in [9.17, 15) is 4.79 Å². The lowest BCUT2D eigenvalue weighted by Gasteiger charge is -2.18. The van der Waals surface area contributed by atoms with Gasteiger partial charge in [0.2, 0.25) is 6.29 Å². The Hall–Kier alpha value is -0.610. The average molecular weight is 302 g/mol. The second-order valence-electron chi connectivity index (χ2n) is 5.58. The fourth-order valence-electron chi connectivity index (χ4n) is 2.18. The maximum atomic E-state index is 11.6. The minimum absolute atomic E-state index is 0.186. The summed E-state index contributed by atoms with van der Waals surface area (Å²) in [6.07, 6.45) is 10.8. The number of esters is 1. The molecular weight excluding hydrogens is 268 g/mol. The lowest BCUT2D eigenvalue weighted by atomic mass is 10.1. The minimum atomic E-state index is -0.550. The van der Waals surface area contributed by atoms with Gasteiger partial charge in [0.15, 0.2) is 6.29 Å². The van der Waals surface area contributed by atoms with Crippen LogP contribution in [0.5, 0.6) is 0 Å². The summed E-state index contributed by atoms with van der Waals surface area (Å²) in [5.74, 6) is -0.186. The van der Waals surface area contributed by atoms with Crippen molar-refractivity contribution in [3.63, 3.8) is 0 Å². The normalized spacial score (nSPS) is 13.9. The molecule has 0 N–H and O–H groups in total. The van der Waals surface area contributed by atoms with Gasteiger partial charge in [0, 0.05) is 13.5 Å². The molecule has 0 rings (SSSR count). The van der Waals surface area contributed by atoms with E-state index in [0.29, 0.717) is 6.42 Å². The minimum Gasteiger partial charge on any atom is -0.436 e. The molecular formula is C17H34O4. The SMILES string of the molecule is CCCCCCCCCCCC(=O)OC(C)OC(C)OC. The molecule has 2 atom stereocenters. The summed E-state index contributed by atoms with van der Waals surface area (Å²) in [6.45, 7) is 5.72. The van der Waals surface area contributed by atoms with Crippen LogP contribution in [0, 0.1) is 0 Å². The van der Waals surface area contributed by atoms with Crippen LogP contribution in [0.2, 0.25) is 0 Å². The van der Waals surface area contributed by atoms with E-state index in [1.165, 1.54) is 44.9 Å². The van der Waals surface area contributed by atoms with E-state index in [1.54, 1.807) is 21.0 Å². The van der Waals surface area contributed by atoms with E-state index in [1.807, 2.05) is 0 Å². The molecule has 0 spiro atoms. The van der Waals surface area contributed by atoms with Gasteiger partial charge in [0.1, 0.15) is 0 Å². The number of hydrogen-bond acceptors (Lipinski definition) is 4. The van der Waals surface area contributed by atoms with E-state index in [2.05, 4.69) is 6.92 Å². The Kier molecular flexibility index (Phi) is 13.9. The van der Waals surface area contributed by atoms with Crippen LogP contribution in [-0.2, 0) is 19.0 Å². The van der Waals surface area contributed by atoms with Crippen molar-refractivity contribution in [1.29, 1.82) is 0 Å². The average Bonchev–Trinajstić information content (AvgIpc) is 2.45. The van der Waals surface area contributed by atoms with E-state index >= 15 is 0 Å². The van der Waals surface area contributed by atoms with Crippen LogP contribution in [0.3, 0.4) is 0 Å². The van der Waals surface area contributed by atoms with E-state index in [4.69, 9.17) is 14.2 Å². The predicted octanol–water partition coefficient (Wildman–Crippen LogP) is 4.81. The van der Waals surface area contributed by atoms with Crippen LogP contribution in [-0.4, -0.2) is 25.7 Å². The van der Waals surface area contributed by atoms with Gasteiger partial charge in [-0.25, -0.2) is 0 Å². The third-order valence-electron chi connectivity index (χ3n) is 3.50. The molecule has 0 aliphatic rings. The number of methoxy groups -OCH3 is 1. The number of carbonyl (C=O) groups excluding carboxylic acids is 1. The van der Waals surface area contributed by atoms with Crippen molar-refractivity contribution < 1.29 is 19.0 Å². The number of carbonyl (C=O) groups is 1. The molecule has 0 amide bonds. The first-order valence-corrected chi connectivity index (χ1v) is 8.47. The first kappa shape index (κ1) is 20.4. The van der Waals surface area contributed by atoms with Crippen LogP contribution < -0.4 is 0 Å². The molecule has 0 aliphatic carbocycles. The molecule has 0 bridgehead atoms. The zero-order valence-electron chi connectivity index (χ0n) is 14.4. The molecule has 0 aromatic carbocycles. The van der Waals surface area contributed by atoms with Gasteiger partial charge in [-0.3, -0.25) is 4.79 Å². The maximum Gasteiger partial charge on any atom is 0.308 e. The van der Waals surface area contributed by atoms with Gasteiger partial charge in [-0.15, -0.1) is 0 Å². The second kappa shape index (κ2) is 14.3. The van der Waals surface area contributed by atoms with Crippen LogP contribution in [0.25, 0.3) is 0 Å². The van der Waals surface area contributed by atoms with Crippen molar-refractivity contribution in [3.8, 4) is 0 Å². The molecule has 4 heteroatoms. The van der Waals surface area contributed by atoms with Gasteiger partial charge in [0.05, 0.1) is 0 Å². The summed E-state index contributed by atoms with van der Waals surface area (Å²) >= 11 is 0. The second-order valence-corrected chi connectivity index (χ2v) is 5.58. The standard InChI is InChI=1S/C17H34O4/c1-5-6-7-8-9-10-11-12-13-14-17(18)21-16(3)20-15(2)19-4/h15-16H,5-14H2,1-4H3. The van der Waals surface area contributed by atoms with Gasteiger partial charge in [-0.1, -0.05) is 58.3 Å². The zero-order chi connectivity index (χ0) is 15.9. The number of ether oxygens (including phenoxy) is 3. The summed E-state index contributed by atoms with van der Waals surface area (Å²) in [4.78, 5) is 11.6. The maximum absolute atomic E-state index is 11.6. The fraction of sp³-hybridized carbons (Fsp3) is 0.941. The third kappa shape index (κ3) is 14.1. The fourth-order valence-corrected chi connectivity index (χ4v) is 2.18. The van der Waals surface area contributed by atoms with Crippen molar-refractivity contribution in [2.24, 2.45) is 0 Å². The molecule has 0 aromatic rings. The van der Waals surface area contributed by atoms with E-state index in [0.717, 1.165) is 12.8 Å². The highest BCUT2D eigenvalue weighted by Crippen LogP contribution is 2.11. The summed E-state index contributed by atoms with van der Waals surface area (Å²) in [5.41, 5.74) is 0. The van der Waals surface area contributed by atoms with Gasteiger partial charge in [-0.2, -0.15) is 0 Å². The topological polar surface area (TPSA) is 44.8 Å². The number of rotatable bonds is 14. The highest BCUT2D eigenvalue weighted by Gasteiger charge is 2.12. The molecule has 126 valence electrons. The Balaban J connectivity index is 3.37. The first-order valence-electron chi connectivity index (χ1n) is 8.47. The highest BCUT2D eigenvalue weighted by atomic mass is 16.8. The van der Waals surface area contributed by atoms with Crippen molar-refractivity contribution >= 4 is 5.97 Å². The summed E-state index contributed by atoms with van der Waals surface area (Å²) in [5, 5.41) is 0. The van der Waals surface area contributed by atoms with Crippen LogP contribution >= 0.6 is 0 Å². The van der Waals surface area contributed by atoms with Crippen LogP contribution in [0.15, 0.2) is 0 Å². The van der Waals surface area contributed by atoms with Gasteiger partial charge in [-0.05, 0) is 20.3 Å². The Bertz CT molecular complexity index is 243. The quantitative estimate of drug-likeness (QED) is 0.262. The summed E-state index contributed by atoms with van der Waals surface area (Å²) < 4.78 is 15.4. The molecule has 0 aromatic heterocycles. The van der Waals surface area contributed by atoms with Gasteiger partial charge in [0.25, 0.3) is 0 Å². The lowest BCUT2D eigenvalue weighted by Crippen LogP contribution is -2.23. The van der Waals surface area contributed by atoms with Crippen molar-refractivity contribution in [3.05, 3.63) is 0 Å². The molecule has 0 aliphatic heterocycles. The Morgan fingerprint density at radius 3 is 1.90 bits per heavy atom. The Morgan fingerprint density at radius 1 is 0.857 bits per heavy atom. The smallest absolute Gasteiger partial charge is 0.308 e.